The molecule has 2 aromatic rings. The molecule has 2 aliphatic rings. The van der Waals surface area contributed by atoms with Crippen LogP contribution in [0.15, 0.2) is 66.7 Å². The highest BCUT2D eigenvalue weighted by molar-refractivity contribution is 5.95. The Labute approximate surface area is 184 Å². The van der Waals surface area contributed by atoms with Crippen LogP contribution in [0.1, 0.15) is 34.3 Å². The lowest BCUT2D eigenvalue weighted by Gasteiger charge is -2.33. The molecule has 1 saturated carbocycles. The van der Waals surface area contributed by atoms with E-state index in [1.54, 1.807) is 6.08 Å². The van der Waals surface area contributed by atoms with Gasteiger partial charge in [0.25, 0.3) is 5.91 Å². The molecule has 2 aromatic carbocycles. The summed E-state index contributed by atoms with van der Waals surface area (Å²) in [5.74, 6) is 0.0145. The highest BCUT2D eigenvalue weighted by Gasteiger charge is 2.23. The standard InChI is InChI=1S/C26H29N3O2/c30-25(15-10-22-8-11-23(12-9-22)26(31)27-24-13-14-24)29-19-17-28(18-20-29)16-4-7-21-5-2-1-3-6-21/h1-12,15,24H,13-14,16-20H2,(H,27,31)/b7-4+,15-10+. The van der Waals surface area contributed by atoms with E-state index in [-0.39, 0.29) is 11.8 Å². The molecule has 0 atom stereocenters. The average Bonchev–Trinajstić information content (AvgIpc) is 3.63. The summed E-state index contributed by atoms with van der Waals surface area (Å²) in [5, 5.41) is 2.98. The van der Waals surface area contributed by atoms with Gasteiger partial charge in [0, 0.05) is 50.4 Å². The fourth-order valence-electron chi connectivity index (χ4n) is 3.57. The number of rotatable bonds is 7. The number of hydrogen-bond donors (Lipinski definition) is 1. The second-order valence-corrected chi connectivity index (χ2v) is 8.14. The van der Waals surface area contributed by atoms with Gasteiger partial charge < -0.3 is 10.2 Å². The molecule has 5 nitrogen and oxygen atoms in total. The summed E-state index contributed by atoms with van der Waals surface area (Å²) < 4.78 is 0. The lowest BCUT2D eigenvalue weighted by atomic mass is 10.1. The number of carbonyl (C=O) groups is 2. The van der Waals surface area contributed by atoms with Crippen LogP contribution in [-0.2, 0) is 4.79 Å². The number of amides is 2. The number of hydrogen-bond acceptors (Lipinski definition) is 3. The maximum atomic E-state index is 12.5. The number of nitrogens with one attached hydrogen (secondary N) is 1. The monoisotopic (exact) mass is 415 g/mol. The second kappa shape index (κ2) is 10.2. The molecule has 0 unspecified atom stereocenters. The SMILES string of the molecule is O=C(NC1CC1)c1ccc(/C=C/C(=O)N2CCN(C/C=C/c3ccccc3)CC2)cc1. The molecule has 0 bridgehead atoms. The van der Waals surface area contributed by atoms with Crippen molar-refractivity contribution >= 4 is 24.0 Å². The molecular weight excluding hydrogens is 386 g/mol. The van der Waals surface area contributed by atoms with Crippen LogP contribution in [0.2, 0.25) is 0 Å². The average molecular weight is 416 g/mol. The Morgan fingerprint density at radius 1 is 0.871 bits per heavy atom. The summed E-state index contributed by atoms with van der Waals surface area (Å²) in [4.78, 5) is 28.8. The third kappa shape index (κ3) is 6.40. The maximum absolute atomic E-state index is 12.5. The quantitative estimate of drug-likeness (QED) is 0.705. The first kappa shape index (κ1) is 21.1. The van der Waals surface area contributed by atoms with E-state index < -0.39 is 0 Å². The van der Waals surface area contributed by atoms with E-state index in [0.29, 0.717) is 11.6 Å². The van der Waals surface area contributed by atoms with Crippen LogP contribution < -0.4 is 5.32 Å². The molecule has 1 N–H and O–H groups in total. The van der Waals surface area contributed by atoms with Gasteiger partial charge in [0.1, 0.15) is 0 Å². The number of nitrogens with zero attached hydrogens (tertiary/aromatic N) is 2. The highest BCUT2D eigenvalue weighted by atomic mass is 16.2. The van der Waals surface area contributed by atoms with E-state index in [2.05, 4.69) is 34.5 Å². The summed E-state index contributed by atoms with van der Waals surface area (Å²) in [6.45, 7) is 4.13. The van der Waals surface area contributed by atoms with Crippen molar-refractivity contribution in [1.82, 2.24) is 15.1 Å². The summed E-state index contributed by atoms with van der Waals surface area (Å²) >= 11 is 0. The Balaban J connectivity index is 1.21. The molecule has 0 spiro atoms. The molecular formula is C26H29N3O2. The van der Waals surface area contributed by atoms with Gasteiger partial charge in [-0.25, -0.2) is 0 Å². The fraction of sp³-hybridized carbons (Fsp3) is 0.308. The fourth-order valence-corrected chi connectivity index (χ4v) is 3.57. The zero-order valence-electron chi connectivity index (χ0n) is 17.7. The molecule has 2 amide bonds. The van der Waals surface area contributed by atoms with Crippen LogP contribution >= 0.6 is 0 Å². The van der Waals surface area contributed by atoms with Gasteiger partial charge in [0.2, 0.25) is 5.91 Å². The topological polar surface area (TPSA) is 52.7 Å². The van der Waals surface area contributed by atoms with E-state index in [1.165, 1.54) is 5.56 Å². The maximum Gasteiger partial charge on any atom is 0.251 e. The van der Waals surface area contributed by atoms with Crippen LogP contribution in [0.3, 0.4) is 0 Å². The summed E-state index contributed by atoms with van der Waals surface area (Å²) in [7, 11) is 0. The molecule has 1 aliphatic carbocycles. The molecule has 0 aromatic heterocycles. The van der Waals surface area contributed by atoms with Crippen molar-refractivity contribution in [1.29, 1.82) is 0 Å². The van der Waals surface area contributed by atoms with Gasteiger partial charge in [0.05, 0.1) is 0 Å². The first-order valence-corrected chi connectivity index (χ1v) is 11.0. The molecule has 5 heteroatoms. The van der Waals surface area contributed by atoms with E-state index in [0.717, 1.165) is 51.1 Å². The summed E-state index contributed by atoms with van der Waals surface area (Å²) in [6, 6.07) is 18.0. The van der Waals surface area contributed by atoms with Gasteiger partial charge in [0.15, 0.2) is 0 Å². The predicted octanol–water partition coefficient (Wildman–Crippen LogP) is 3.45. The Hall–Kier alpha value is -3.18. The van der Waals surface area contributed by atoms with E-state index in [9.17, 15) is 9.59 Å². The van der Waals surface area contributed by atoms with E-state index in [1.807, 2.05) is 53.4 Å². The molecule has 1 saturated heterocycles. The van der Waals surface area contributed by atoms with Crippen molar-refractivity contribution in [2.75, 3.05) is 32.7 Å². The van der Waals surface area contributed by atoms with Gasteiger partial charge in [-0.3, -0.25) is 14.5 Å². The minimum Gasteiger partial charge on any atom is -0.349 e. The number of piperazine rings is 1. The normalized spacial score (nSPS) is 17.4. The van der Waals surface area contributed by atoms with Gasteiger partial charge in [-0.05, 0) is 42.2 Å². The van der Waals surface area contributed by atoms with E-state index in [4.69, 9.17) is 0 Å². The molecule has 31 heavy (non-hydrogen) atoms. The van der Waals surface area contributed by atoms with Crippen molar-refractivity contribution in [3.05, 3.63) is 83.4 Å². The van der Waals surface area contributed by atoms with Crippen molar-refractivity contribution in [2.24, 2.45) is 0 Å². The Morgan fingerprint density at radius 2 is 1.55 bits per heavy atom. The lowest BCUT2D eigenvalue weighted by molar-refractivity contribution is -0.127. The van der Waals surface area contributed by atoms with E-state index >= 15 is 0 Å². The largest absolute Gasteiger partial charge is 0.349 e. The third-order valence-corrected chi connectivity index (χ3v) is 5.66. The zero-order valence-corrected chi connectivity index (χ0v) is 17.7. The first-order valence-electron chi connectivity index (χ1n) is 11.0. The Bertz CT molecular complexity index is 938. The number of carbonyl (C=O) groups excluding carboxylic acids is 2. The Morgan fingerprint density at radius 3 is 2.23 bits per heavy atom. The van der Waals surface area contributed by atoms with Crippen LogP contribution in [0.25, 0.3) is 12.2 Å². The Kier molecular flexibility index (Phi) is 6.95. The third-order valence-electron chi connectivity index (χ3n) is 5.66. The smallest absolute Gasteiger partial charge is 0.251 e. The zero-order chi connectivity index (χ0) is 21.5. The van der Waals surface area contributed by atoms with Crippen molar-refractivity contribution in [3.63, 3.8) is 0 Å². The molecule has 2 fully saturated rings. The van der Waals surface area contributed by atoms with Gasteiger partial charge in [-0.2, -0.15) is 0 Å². The minimum atomic E-state index is -0.0226. The van der Waals surface area contributed by atoms with Gasteiger partial charge in [-0.1, -0.05) is 54.6 Å². The molecule has 1 heterocycles. The van der Waals surface area contributed by atoms with Crippen LogP contribution in [-0.4, -0.2) is 60.4 Å². The van der Waals surface area contributed by atoms with Crippen LogP contribution in [0.4, 0.5) is 0 Å². The lowest BCUT2D eigenvalue weighted by Crippen LogP contribution is -2.48. The van der Waals surface area contributed by atoms with Gasteiger partial charge >= 0.3 is 0 Å². The molecule has 1 aliphatic heterocycles. The minimum absolute atomic E-state index is 0.0226. The van der Waals surface area contributed by atoms with Crippen LogP contribution in [0.5, 0.6) is 0 Å². The number of benzene rings is 2. The first-order chi connectivity index (χ1) is 15.2. The summed E-state index contributed by atoms with van der Waals surface area (Å²) in [5.41, 5.74) is 2.78. The molecule has 0 radical (unpaired) electrons. The van der Waals surface area contributed by atoms with Crippen molar-refractivity contribution < 1.29 is 9.59 Å². The highest BCUT2D eigenvalue weighted by Crippen LogP contribution is 2.19. The summed E-state index contributed by atoms with van der Waals surface area (Å²) in [6.07, 6.45) is 9.92. The molecule has 4 rings (SSSR count). The van der Waals surface area contributed by atoms with Crippen molar-refractivity contribution in [3.8, 4) is 0 Å². The van der Waals surface area contributed by atoms with Crippen molar-refractivity contribution in [2.45, 2.75) is 18.9 Å². The second-order valence-electron chi connectivity index (χ2n) is 8.14. The van der Waals surface area contributed by atoms with Gasteiger partial charge in [-0.15, -0.1) is 0 Å². The molecule has 160 valence electrons. The predicted molar refractivity (Wildman–Crippen MR) is 124 cm³/mol. The van der Waals surface area contributed by atoms with Crippen LogP contribution in [0, 0.1) is 0 Å².